The van der Waals surface area contributed by atoms with Gasteiger partial charge in [0.15, 0.2) is 6.10 Å². The molecule has 75 heavy (non-hydrogen) atoms. The molecule has 1 aliphatic heterocycles. The molecule has 0 aromatic carbocycles. The van der Waals surface area contributed by atoms with E-state index in [2.05, 4.69) is 24.5 Å². The number of nitrogens with one attached hydrogen (secondary N) is 2. The molecule has 0 radical (unpaired) electrons. The van der Waals surface area contributed by atoms with Crippen LogP contribution in [0.15, 0.2) is 0 Å². The second-order valence-electron chi connectivity index (χ2n) is 20.3. The van der Waals surface area contributed by atoms with Gasteiger partial charge in [0.25, 0.3) is 5.79 Å². The molecular formula is C54H103N2O18P. The van der Waals surface area contributed by atoms with E-state index in [9.17, 15) is 59.3 Å². The number of aliphatic hydroxyl groups is 5. The van der Waals surface area contributed by atoms with Crippen LogP contribution < -0.4 is 10.6 Å². The van der Waals surface area contributed by atoms with Gasteiger partial charge in [0, 0.05) is 32.9 Å². The average molecular weight is 1100 g/mol. The Morgan fingerprint density at radius 1 is 0.627 bits per heavy atom. The maximum atomic E-state index is 12.9. The van der Waals surface area contributed by atoms with Gasteiger partial charge in [-0.05, 0) is 12.8 Å². The summed E-state index contributed by atoms with van der Waals surface area (Å²) in [5, 5.41) is 66.6. The van der Waals surface area contributed by atoms with Crippen LogP contribution in [0.5, 0.6) is 0 Å². The molecule has 442 valence electrons. The van der Waals surface area contributed by atoms with E-state index in [0.29, 0.717) is 12.8 Å². The summed E-state index contributed by atoms with van der Waals surface area (Å²) in [5.74, 6) is -6.70. The summed E-state index contributed by atoms with van der Waals surface area (Å²) >= 11 is 0. The number of hydrogen-bond acceptors (Lipinski definition) is 17. The van der Waals surface area contributed by atoms with Crippen LogP contribution in [-0.2, 0) is 51.7 Å². The van der Waals surface area contributed by atoms with Crippen LogP contribution in [0.3, 0.4) is 0 Å². The fourth-order valence-electron chi connectivity index (χ4n) is 9.08. The van der Waals surface area contributed by atoms with Crippen LogP contribution in [0.1, 0.15) is 226 Å². The van der Waals surface area contributed by atoms with E-state index in [4.69, 9.17) is 28.0 Å². The molecule has 9 atom stereocenters. The zero-order valence-electron chi connectivity index (χ0n) is 46.2. The van der Waals surface area contributed by atoms with Gasteiger partial charge in [0.2, 0.25) is 5.91 Å². The first-order valence-corrected chi connectivity index (χ1v) is 30.4. The summed E-state index contributed by atoms with van der Waals surface area (Å²) in [6.07, 6.45) is 24.5. The predicted octanol–water partition coefficient (Wildman–Crippen LogP) is 7.82. The molecule has 0 aromatic rings. The van der Waals surface area contributed by atoms with Gasteiger partial charge in [-0.2, -0.15) is 0 Å². The van der Waals surface area contributed by atoms with Gasteiger partial charge in [-0.15, -0.1) is 0 Å². The Kier molecular flexibility index (Phi) is 42.0. The lowest BCUT2D eigenvalue weighted by Crippen LogP contribution is -2.74. The van der Waals surface area contributed by atoms with Crippen LogP contribution in [0.25, 0.3) is 0 Å². The number of unbranched alkanes of at least 4 members (excludes halogenated alkanes) is 28. The van der Waals surface area contributed by atoms with Crippen molar-refractivity contribution >= 4 is 31.6 Å². The van der Waals surface area contributed by atoms with Crippen LogP contribution in [0.4, 0.5) is 0 Å². The first kappa shape index (κ1) is 70.7. The molecule has 1 rings (SSSR count). The van der Waals surface area contributed by atoms with E-state index in [1.807, 2.05) is 0 Å². The number of carbonyl (C=O) groups excluding carboxylic acids is 3. The van der Waals surface area contributed by atoms with E-state index >= 15 is 0 Å². The van der Waals surface area contributed by atoms with Crippen molar-refractivity contribution in [2.75, 3.05) is 46.1 Å². The largest absolute Gasteiger partial charge is 0.477 e. The first-order valence-electron chi connectivity index (χ1n) is 28.9. The van der Waals surface area contributed by atoms with E-state index in [-0.39, 0.29) is 32.5 Å². The summed E-state index contributed by atoms with van der Waals surface area (Å²) in [4.78, 5) is 60.3. The molecule has 1 amide bonds. The monoisotopic (exact) mass is 1100 g/mol. The highest BCUT2D eigenvalue weighted by Gasteiger charge is 2.62. The number of phosphoric ester groups is 1. The fraction of sp³-hybridized carbons (Fsp3) is 0.926. The molecule has 0 bridgehead atoms. The second-order valence-corrected chi connectivity index (χ2v) is 21.8. The third-order valence-electron chi connectivity index (χ3n) is 13.6. The van der Waals surface area contributed by atoms with Crippen molar-refractivity contribution in [2.45, 2.75) is 275 Å². The minimum atomic E-state index is -4.75. The number of rotatable bonds is 51. The lowest BCUT2D eigenvalue weighted by molar-refractivity contribution is -0.346. The average Bonchev–Trinajstić information content (AvgIpc) is 3.38. The minimum absolute atomic E-state index is 0.118. The Morgan fingerprint density at radius 3 is 1.48 bits per heavy atom. The SMILES string of the molecule is CCCCCCCCCCCCCCCCCC(=O)OC[C@@H](COP(=O)(O)OCCNCCO[C@@]1(C(=O)O)O[C@@H]([C@H](O)[C@H](O)CO)[C@H](NC(C)=O)[C@@H](O)[C@H]1O)OC(=O)CCCCCCCCCCCCCCCCC. The number of carboxylic acid groups (broad SMARTS) is 1. The van der Waals surface area contributed by atoms with Gasteiger partial charge in [0.05, 0.1) is 32.5 Å². The molecular weight excluding hydrogens is 996 g/mol. The summed E-state index contributed by atoms with van der Waals surface area (Å²) in [5.41, 5.74) is 0. The van der Waals surface area contributed by atoms with Crippen molar-refractivity contribution < 1.29 is 87.3 Å². The van der Waals surface area contributed by atoms with Gasteiger partial charge in [0.1, 0.15) is 37.1 Å². The molecule has 0 spiro atoms. The molecule has 1 aliphatic rings. The highest BCUT2D eigenvalue weighted by molar-refractivity contribution is 7.47. The van der Waals surface area contributed by atoms with Gasteiger partial charge in [-0.25, -0.2) is 9.36 Å². The first-order chi connectivity index (χ1) is 36.0. The zero-order chi connectivity index (χ0) is 55.6. The standard InChI is InChI=1S/C54H103N2O18P/c1-4-6-8-10-12-14-16-18-20-22-24-26-28-30-32-34-46(60)69-41-44(73-47(61)35-33-31-29-27-25-23-21-19-17-15-13-11-9-7-5-2)42-72-75(67,68)71-39-37-55-36-38-70-54(53(65)66)52(64)50(63)48(56-43(3)58)51(74-54)49(62)45(59)40-57/h44-45,48-52,55,57,59,62-64H,4-42H2,1-3H3,(H,56,58)(H,65,66)(H,67,68)/t44-,45+,48+,49+,50+,51+,52+,54+/m0/s1. The Hall–Kier alpha value is -2.33. The van der Waals surface area contributed by atoms with E-state index in [1.165, 1.54) is 135 Å². The Morgan fingerprint density at radius 2 is 1.05 bits per heavy atom. The van der Waals surface area contributed by atoms with Crippen LogP contribution in [0, 0.1) is 0 Å². The van der Waals surface area contributed by atoms with E-state index in [0.717, 1.165) is 51.9 Å². The lowest BCUT2D eigenvalue weighted by atomic mass is 9.86. The third kappa shape index (κ3) is 33.7. The molecule has 0 aromatic heterocycles. The predicted molar refractivity (Wildman–Crippen MR) is 284 cm³/mol. The maximum absolute atomic E-state index is 12.9. The third-order valence-corrected chi connectivity index (χ3v) is 14.6. The van der Waals surface area contributed by atoms with Crippen molar-refractivity contribution in [3.63, 3.8) is 0 Å². The number of hydrogen-bond donors (Lipinski definition) is 9. The van der Waals surface area contributed by atoms with Gasteiger partial charge < -0.3 is 65.1 Å². The number of carboxylic acids is 1. The highest BCUT2D eigenvalue weighted by atomic mass is 31.2. The molecule has 1 unspecified atom stereocenters. The number of esters is 2. The maximum Gasteiger partial charge on any atom is 0.472 e. The number of phosphoric acid groups is 1. The topological polar surface area (TPSA) is 306 Å². The Labute approximate surface area is 449 Å². The van der Waals surface area contributed by atoms with Crippen molar-refractivity contribution in [1.29, 1.82) is 0 Å². The molecule has 0 saturated carbocycles. The van der Waals surface area contributed by atoms with Crippen molar-refractivity contribution in [3.05, 3.63) is 0 Å². The highest BCUT2D eigenvalue weighted by Crippen LogP contribution is 2.43. The summed E-state index contributed by atoms with van der Waals surface area (Å²) < 4.78 is 44.9. The number of ether oxygens (including phenoxy) is 4. The van der Waals surface area contributed by atoms with E-state index < -0.39 is 107 Å². The normalized spacial score (nSPS) is 20.8. The number of amides is 1. The molecule has 20 nitrogen and oxygen atoms in total. The number of aliphatic hydroxyl groups excluding tert-OH is 5. The van der Waals surface area contributed by atoms with Crippen molar-refractivity contribution in [1.82, 2.24) is 10.6 Å². The fourth-order valence-corrected chi connectivity index (χ4v) is 9.83. The summed E-state index contributed by atoms with van der Waals surface area (Å²) in [6.45, 7) is 2.31. The molecule has 0 aliphatic carbocycles. The van der Waals surface area contributed by atoms with Gasteiger partial charge >= 0.3 is 25.7 Å². The zero-order valence-corrected chi connectivity index (χ0v) is 47.1. The smallest absolute Gasteiger partial charge is 0.472 e. The molecule has 1 heterocycles. The minimum Gasteiger partial charge on any atom is -0.477 e. The van der Waals surface area contributed by atoms with E-state index in [1.54, 1.807) is 0 Å². The lowest BCUT2D eigenvalue weighted by Gasteiger charge is -2.49. The molecule has 9 N–H and O–H groups in total. The quantitative estimate of drug-likeness (QED) is 0.0159. The van der Waals surface area contributed by atoms with Crippen molar-refractivity contribution in [2.24, 2.45) is 0 Å². The summed E-state index contributed by atoms with van der Waals surface area (Å²) in [7, 11) is -4.75. The second kappa shape index (κ2) is 44.5. The summed E-state index contributed by atoms with van der Waals surface area (Å²) in [6, 6.07) is -1.62. The Balaban J connectivity index is 2.61. The molecule has 1 fully saturated rings. The number of carbonyl (C=O) groups is 4. The van der Waals surface area contributed by atoms with Crippen LogP contribution in [-0.4, -0.2) is 154 Å². The van der Waals surface area contributed by atoms with Gasteiger partial charge in [-0.1, -0.05) is 194 Å². The van der Waals surface area contributed by atoms with Gasteiger partial charge in [-0.3, -0.25) is 23.4 Å². The van der Waals surface area contributed by atoms with Crippen LogP contribution >= 0.6 is 7.82 Å². The van der Waals surface area contributed by atoms with Crippen LogP contribution in [0.2, 0.25) is 0 Å². The molecule has 21 heteroatoms. The van der Waals surface area contributed by atoms with Crippen molar-refractivity contribution in [3.8, 4) is 0 Å². The number of aliphatic carboxylic acids is 1. The Bertz CT molecular complexity index is 1520. The molecule has 1 saturated heterocycles.